The highest BCUT2D eigenvalue weighted by Crippen LogP contribution is 2.30. The van der Waals surface area contributed by atoms with Gasteiger partial charge in [0.1, 0.15) is 0 Å². The second kappa shape index (κ2) is 5.51. The van der Waals surface area contributed by atoms with E-state index in [2.05, 4.69) is 4.72 Å². The van der Waals surface area contributed by atoms with Gasteiger partial charge >= 0.3 is 0 Å². The highest BCUT2D eigenvalue weighted by Gasteiger charge is 2.36. The molecule has 0 bridgehead atoms. The van der Waals surface area contributed by atoms with Crippen LogP contribution in [0.3, 0.4) is 0 Å². The van der Waals surface area contributed by atoms with Crippen molar-refractivity contribution >= 4 is 15.9 Å². The van der Waals surface area contributed by atoms with Gasteiger partial charge in [-0.05, 0) is 37.1 Å². The van der Waals surface area contributed by atoms with E-state index in [1.807, 2.05) is 0 Å². The molecule has 110 valence electrons. The first-order valence-electron chi connectivity index (χ1n) is 6.52. The zero-order valence-corrected chi connectivity index (χ0v) is 11.9. The van der Waals surface area contributed by atoms with Crippen molar-refractivity contribution in [1.82, 2.24) is 4.72 Å². The summed E-state index contributed by atoms with van der Waals surface area (Å²) in [4.78, 5) is 11.1. The van der Waals surface area contributed by atoms with E-state index in [4.69, 9.17) is 11.5 Å². The molecular formula is C13H19N3O3S. The Morgan fingerprint density at radius 3 is 2.20 bits per heavy atom. The Morgan fingerprint density at radius 2 is 1.75 bits per heavy atom. The first kappa shape index (κ1) is 15.0. The SMILES string of the molecule is NCC1(NS(=O)(=O)c2ccc(C(N)=O)cc2)CCCC1. The van der Waals surface area contributed by atoms with Crippen LogP contribution in [-0.4, -0.2) is 26.4 Å². The summed E-state index contributed by atoms with van der Waals surface area (Å²) < 4.78 is 27.4. The molecule has 0 radical (unpaired) electrons. The first-order chi connectivity index (χ1) is 9.38. The number of sulfonamides is 1. The summed E-state index contributed by atoms with van der Waals surface area (Å²) in [7, 11) is -3.64. The second-order valence-electron chi connectivity index (χ2n) is 5.19. The fourth-order valence-electron chi connectivity index (χ4n) is 2.54. The predicted molar refractivity (Wildman–Crippen MR) is 75.5 cm³/mol. The van der Waals surface area contributed by atoms with E-state index in [0.717, 1.165) is 25.7 Å². The molecule has 1 fully saturated rings. The molecule has 0 saturated heterocycles. The molecule has 0 atom stereocenters. The van der Waals surface area contributed by atoms with Crippen LogP contribution in [0.5, 0.6) is 0 Å². The number of carbonyl (C=O) groups is 1. The standard InChI is InChI=1S/C13H19N3O3S/c14-9-13(7-1-2-8-13)16-20(18,19)11-5-3-10(4-6-11)12(15)17/h3-6,16H,1-2,7-9,14H2,(H2,15,17). The summed E-state index contributed by atoms with van der Waals surface area (Å²) in [5, 5.41) is 0. The average Bonchev–Trinajstić information content (AvgIpc) is 2.87. The van der Waals surface area contributed by atoms with Crippen molar-refractivity contribution in [2.24, 2.45) is 11.5 Å². The zero-order valence-electron chi connectivity index (χ0n) is 11.1. The molecule has 0 spiro atoms. The van der Waals surface area contributed by atoms with Crippen LogP contribution >= 0.6 is 0 Å². The van der Waals surface area contributed by atoms with Gasteiger partial charge in [-0.3, -0.25) is 4.79 Å². The lowest BCUT2D eigenvalue weighted by atomic mass is 10.0. The molecule has 0 heterocycles. The largest absolute Gasteiger partial charge is 0.366 e. The second-order valence-corrected chi connectivity index (χ2v) is 6.87. The number of nitrogens with one attached hydrogen (secondary N) is 1. The van der Waals surface area contributed by atoms with E-state index in [1.54, 1.807) is 0 Å². The smallest absolute Gasteiger partial charge is 0.248 e. The van der Waals surface area contributed by atoms with E-state index in [0.29, 0.717) is 0 Å². The molecule has 6 nitrogen and oxygen atoms in total. The molecule has 0 aromatic heterocycles. The van der Waals surface area contributed by atoms with Crippen LogP contribution in [0.15, 0.2) is 29.2 Å². The van der Waals surface area contributed by atoms with E-state index in [1.165, 1.54) is 24.3 Å². The molecule has 1 aromatic carbocycles. The van der Waals surface area contributed by atoms with Gasteiger partial charge in [-0.25, -0.2) is 13.1 Å². The van der Waals surface area contributed by atoms with Crippen LogP contribution in [0, 0.1) is 0 Å². The highest BCUT2D eigenvalue weighted by molar-refractivity contribution is 7.89. The van der Waals surface area contributed by atoms with E-state index in [-0.39, 0.29) is 17.0 Å². The Bertz CT molecular complexity index is 590. The lowest BCUT2D eigenvalue weighted by molar-refractivity contribution is 0.1000. The third kappa shape index (κ3) is 3.00. The van der Waals surface area contributed by atoms with Gasteiger partial charge in [0.05, 0.1) is 4.90 Å². The summed E-state index contributed by atoms with van der Waals surface area (Å²) in [5.74, 6) is -0.587. The summed E-state index contributed by atoms with van der Waals surface area (Å²) in [6.07, 6.45) is 3.45. The number of primary amides is 1. The third-order valence-electron chi connectivity index (χ3n) is 3.75. The molecule has 5 N–H and O–H groups in total. The Balaban J connectivity index is 2.23. The van der Waals surface area contributed by atoms with E-state index in [9.17, 15) is 13.2 Å². The van der Waals surface area contributed by atoms with Crippen LogP contribution in [0.2, 0.25) is 0 Å². The summed E-state index contributed by atoms with van der Waals surface area (Å²) in [6, 6.07) is 5.56. The molecular weight excluding hydrogens is 278 g/mol. The van der Waals surface area contributed by atoms with Gasteiger partial charge in [0.15, 0.2) is 0 Å². The monoisotopic (exact) mass is 297 g/mol. The maximum atomic E-state index is 12.4. The quantitative estimate of drug-likeness (QED) is 0.726. The van der Waals surface area contributed by atoms with Crippen LogP contribution in [0.1, 0.15) is 36.0 Å². The predicted octanol–water partition coefficient (Wildman–Crippen LogP) is 0.335. The van der Waals surface area contributed by atoms with Gasteiger partial charge in [-0.2, -0.15) is 0 Å². The van der Waals surface area contributed by atoms with E-state index >= 15 is 0 Å². The Kier molecular flexibility index (Phi) is 4.12. The molecule has 1 aliphatic carbocycles. The van der Waals surface area contributed by atoms with Gasteiger partial charge in [-0.15, -0.1) is 0 Å². The molecule has 0 aliphatic heterocycles. The minimum atomic E-state index is -3.64. The Hall–Kier alpha value is -1.44. The summed E-state index contributed by atoms with van der Waals surface area (Å²) in [6.45, 7) is 0.283. The topological polar surface area (TPSA) is 115 Å². The fraction of sp³-hybridized carbons (Fsp3) is 0.462. The van der Waals surface area contributed by atoms with Gasteiger partial charge in [-0.1, -0.05) is 12.8 Å². The molecule has 0 unspecified atom stereocenters. The van der Waals surface area contributed by atoms with Crippen molar-refractivity contribution in [2.75, 3.05) is 6.54 Å². The van der Waals surface area contributed by atoms with E-state index < -0.39 is 21.5 Å². The molecule has 1 amide bonds. The highest BCUT2D eigenvalue weighted by atomic mass is 32.2. The zero-order chi connectivity index (χ0) is 14.8. The van der Waals surface area contributed by atoms with Crippen LogP contribution in [0.4, 0.5) is 0 Å². The first-order valence-corrected chi connectivity index (χ1v) is 8.01. The van der Waals surface area contributed by atoms with Crippen molar-refractivity contribution < 1.29 is 13.2 Å². The number of benzene rings is 1. The van der Waals surface area contributed by atoms with Crippen LogP contribution in [-0.2, 0) is 10.0 Å². The molecule has 7 heteroatoms. The van der Waals surface area contributed by atoms with Crippen LogP contribution < -0.4 is 16.2 Å². The number of amides is 1. The van der Waals surface area contributed by atoms with Crippen LogP contribution in [0.25, 0.3) is 0 Å². The lowest BCUT2D eigenvalue weighted by Gasteiger charge is -2.28. The number of hydrogen-bond acceptors (Lipinski definition) is 4. The van der Waals surface area contributed by atoms with Crippen molar-refractivity contribution in [3.63, 3.8) is 0 Å². The van der Waals surface area contributed by atoms with Crippen molar-refractivity contribution in [3.8, 4) is 0 Å². The number of hydrogen-bond donors (Lipinski definition) is 3. The third-order valence-corrected chi connectivity index (χ3v) is 5.35. The fourth-order valence-corrected chi connectivity index (χ4v) is 4.01. The maximum Gasteiger partial charge on any atom is 0.248 e. The molecule has 1 aromatic rings. The normalized spacial score (nSPS) is 18.1. The molecule has 20 heavy (non-hydrogen) atoms. The summed E-state index contributed by atoms with van der Waals surface area (Å²) in [5.41, 5.74) is 10.6. The van der Waals surface area contributed by atoms with Crippen molar-refractivity contribution in [1.29, 1.82) is 0 Å². The number of carbonyl (C=O) groups excluding carboxylic acids is 1. The minimum absolute atomic E-state index is 0.113. The molecule has 1 aliphatic rings. The maximum absolute atomic E-state index is 12.4. The lowest BCUT2D eigenvalue weighted by Crippen LogP contribution is -2.51. The van der Waals surface area contributed by atoms with Gasteiger partial charge in [0.2, 0.25) is 15.9 Å². The number of rotatable bonds is 5. The molecule has 2 rings (SSSR count). The Morgan fingerprint density at radius 1 is 1.20 bits per heavy atom. The summed E-state index contributed by atoms with van der Waals surface area (Å²) >= 11 is 0. The Labute approximate surface area is 118 Å². The molecule has 1 saturated carbocycles. The van der Waals surface area contributed by atoms with Gasteiger partial charge < -0.3 is 11.5 Å². The van der Waals surface area contributed by atoms with Crippen molar-refractivity contribution in [2.45, 2.75) is 36.1 Å². The van der Waals surface area contributed by atoms with Crippen molar-refractivity contribution in [3.05, 3.63) is 29.8 Å². The van der Waals surface area contributed by atoms with Gasteiger partial charge in [0.25, 0.3) is 0 Å². The minimum Gasteiger partial charge on any atom is -0.366 e. The number of nitrogens with two attached hydrogens (primary N) is 2. The van der Waals surface area contributed by atoms with Gasteiger partial charge in [0, 0.05) is 17.6 Å². The average molecular weight is 297 g/mol.